The van der Waals surface area contributed by atoms with E-state index in [1.54, 1.807) is 0 Å². The van der Waals surface area contributed by atoms with Gasteiger partial charge in [0.2, 0.25) is 0 Å². The summed E-state index contributed by atoms with van der Waals surface area (Å²) in [6.07, 6.45) is 0. The van der Waals surface area contributed by atoms with E-state index < -0.39 is 0 Å². The average molecular weight is 642 g/mol. The lowest BCUT2D eigenvalue weighted by Crippen LogP contribution is -2.02. The van der Waals surface area contributed by atoms with Gasteiger partial charge in [-0.2, -0.15) is 0 Å². The first-order chi connectivity index (χ1) is 24.3. The van der Waals surface area contributed by atoms with Crippen LogP contribution in [-0.2, 0) is 0 Å². The quantitative estimate of drug-likeness (QED) is 0.180. The Hall–Kier alpha value is -6.23. The van der Waals surface area contributed by atoms with Gasteiger partial charge in [0.25, 0.3) is 0 Å². The molecule has 0 atom stereocenters. The summed E-state index contributed by atoms with van der Waals surface area (Å²) in [5.74, 6) is 1.99. The van der Waals surface area contributed by atoms with Gasteiger partial charge < -0.3 is 0 Å². The molecule has 0 unspecified atom stereocenters. The van der Waals surface area contributed by atoms with Crippen LogP contribution in [0.3, 0.4) is 0 Å². The van der Waals surface area contributed by atoms with E-state index in [1.807, 2.05) is 29.5 Å². The van der Waals surface area contributed by atoms with Gasteiger partial charge in [-0.05, 0) is 38.6 Å². The molecule has 0 saturated carbocycles. The number of hydrogen-bond acceptors (Lipinski definition) is 4. The van der Waals surface area contributed by atoms with Gasteiger partial charge >= 0.3 is 0 Å². The van der Waals surface area contributed by atoms with Crippen molar-refractivity contribution in [3.05, 3.63) is 164 Å². The van der Waals surface area contributed by atoms with Crippen molar-refractivity contribution in [2.75, 3.05) is 0 Å². The predicted octanol–water partition coefficient (Wildman–Crippen LogP) is 12.4. The fourth-order valence-electron chi connectivity index (χ4n) is 7.34. The Morgan fingerprint density at radius 3 is 1.71 bits per heavy atom. The Balaban J connectivity index is 1.37. The molecule has 0 N–H and O–H groups in total. The van der Waals surface area contributed by atoms with Crippen LogP contribution >= 0.6 is 11.3 Å². The highest BCUT2D eigenvalue weighted by Gasteiger charge is 2.24. The van der Waals surface area contributed by atoms with Crippen LogP contribution in [0.15, 0.2) is 164 Å². The van der Waals surface area contributed by atoms with Crippen LogP contribution < -0.4 is 0 Å². The third-order valence-electron chi connectivity index (χ3n) is 9.50. The van der Waals surface area contributed by atoms with Crippen LogP contribution in [0.2, 0.25) is 0 Å². The third kappa shape index (κ3) is 4.46. The highest BCUT2D eigenvalue weighted by molar-refractivity contribution is 7.26. The second-order valence-corrected chi connectivity index (χ2v) is 13.4. The molecule has 0 saturated heterocycles. The van der Waals surface area contributed by atoms with Crippen molar-refractivity contribution in [2.45, 2.75) is 0 Å². The molecule has 0 aliphatic carbocycles. The lowest BCUT2D eigenvalue weighted by molar-refractivity contribution is 1.08. The van der Waals surface area contributed by atoms with Gasteiger partial charge in [-0.1, -0.05) is 158 Å². The standard InChI is InChI=1S/C45H27N3S/c1-3-15-29(16-4-1)39-33-21-9-10-22-34(33)41(40-35-23-11-12-25-37(35)49-42(39)40)45-47-43(31-17-5-2-6-18-31)46-44(48-45)36-24-13-19-30-27-26-28-14-7-8-20-32(28)38(30)36/h1-27H. The minimum Gasteiger partial charge on any atom is -0.208 e. The van der Waals surface area contributed by atoms with Crippen LogP contribution in [0.5, 0.6) is 0 Å². The minimum atomic E-state index is 0.654. The lowest BCUT2D eigenvalue weighted by atomic mass is 9.91. The largest absolute Gasteiger partial charge is 0.208 e. The van der Waals surface area contributed by atoms with Crippen molar-refractivity contribution in [3.63, 3.8) is 0 Å². The van der Waals surface area contributed by atoms with Gasteiger partial charge in [0.05, 0.1) is 0 Å². The number of nitrogens with zero attached hydrogens (tertiary/aromatic N) is 3. The van der Waals surface area contributed by atoms with E-state index in [0.29, 0.717) is 17.5 Å². The smallest absolute Gasteiger partial charge is 0.165 e. The van der Waals surface area contributed by atoms with Crippen molar-refractivity contribution in [1.82, 2.24) is 15.0 Å². The van der Waals surface area contributed by atoms with Crippen molar-refractivity contribution in [3.8, 4) is 45.3 Å². The SMILES string of the molecule is c1ccc(-c2nc(-c3cccc4ccc5ccccc5c34)nc(-c3c4ccccc4c(-c4ccccc4)c4sc5ccccc5c34)n2)cc1. The number of hydrogen-bond donors (Lipinski definition) is 0. The molecule has 4 heteroatoms. The first kappa shape index (κ1) is 27.8. The number of thiophene rings is 1. The molecule has 228 valence electrons. The van der Waals surface area contributed by atoms with Crippen LogP contribution in [0.4, 0.5) is 0 Å². The molecule has 3 nitrogen and oxygen atoms in total. The van der Waals surface area contributed by atoms with Crippen molar-refractivity contribution in [2.24, 2.45) is 0 Å². The monoisotopic (exact) mass is 641 g/mol. The summed E-state index contributed by atoms with van der Waals surface area (Å²) in [4.78, 5) is 16.0. The van der Waals surface area contributed by atoms with Crippen molar-refractivity contribution in [1.29, 1.82) is 0 Å². The summed E-state index contributed by atoms with van der Waals surface area (Å²) in [6.45, 7) is 0. The summed E-state index contributed by atoms with van der Waals surface area (Å²) in [7, 11) is 0. The average Bonchev–Trinajstić information content (AvgIpc) is 3.56. The summed E-state index contributed by atoms with van der Waals surface area (Å²) in [5, 5.41) is 9.36. The summed E-state index contributed by atoms with van der Waals surface area (Å²) in [6, 6.07) is 57.8. The highest BCUT2D eigenvalue weighted by Crippen LogP contribution is 2.49. The van der Waals surface area contributed by atoms with E-state index in [2.05, 4.69) is 146 Å². The molecule has 10 aromatic rings. The first-order valence-electron chi connectivity index (χ1n) is 16.5. The minimum absolute atomic E-state index is 0.654. The zero-order valence-electron chi connectivity index (χ0n) is 26.3. The Labute approximate surface area is 286 Å². The number of rotatable bonds is 4. The fraction of sp³-hybridized carbons (Fsp3) is 0. The topological polar surface area (TPSA) is 38.7 Å². The second-order valence-electron chi connectivity index (χ2n) is 12.3. The van der Waals surface area contributed by atoms with Crippen molar-refractivity contribution < 1.29 is 0 Å². The molecule has 0 amide bonds. The zero-order valence-corrected chi connectivity index (χ0v) is 27.2. The van der Waals surface area contributed by atoms with Crippen LogP contribution in [-0.4, -0.2) is 15.0 Å². The molecule has 2 aromatic heterocycles. The Bertz CT molecular complexity index is 2880. The highest BCUT2D eigenvalue weighted by atomic mass is 32.1. The van der Waals surface area contributed by atoms with E-state index in [9.17, 15) is 0 Å². The van der Waals surface area contributed by atoms with E-state index in [0.717, 1.165) is 32.8 Å². The summed E-state index contributed by atoms with van der Waals surface area (Å²) >= 11 is 1.84. The third-order valence-corrected chi connectivity index (χ3v) is 10.7. The van der Waals surface area contributed by atoms with Crippen molar-refractivity contribution >= 4 is 63.8 Å². The Morgan fingerprint density at radius 1 is 0.347 bits per heavy atom. The lowest BCUT2D eigenvalue weighted by Gasteiger charge is -2.16. The summed E-state index contributed by atoms with van der Waals surface area (Å²) < 4.78 is 2.48. The van der Waals surface area contributed by atoms with Gasteiger partial charge in [-0.3, -0.25) is 0 Å². The molecule has 0 aliphatic heterocycles. The molecule has 0 fully saturated rings. The van der Waals surface area contributed by atoms with E-state index >= 15 is 0 Å². The van der Waals surface area contributed by atoms with Crippen LogP contribution in [0.1, 0.15) is 0 Å². The summed E-state index contributed by atoms with van der Waals surface area (Å²) in [5.41, 5.74) is 5.43. The molecular formula is C45H27N3S. The van der Waals surface area contributed by atoms with Gasteiger partial charge in [-0.25, -0.2) is 15.0 Å². The second kappa shape index (κ2) is 11.2. The Kier molecular flexibility index (Phi) is 6.36. The number of aromatic nitrogens is 3. The maximum absolute atomic E-state index is 5.43. The molecule has 0 aliphatic rings. The Morgan fingerprint density at radius 2 is 0.918 bits per heavy atom. The van der Waals surface area contributed by atoms with Crippen LogP contribution in [0.25, 0.3) is 97.8 Å². The molecule has 0 spiro atoms. The van der Waals surface area contributed by atoms with E-state index in [-0.39, 0.29) is 0 Å². The van der Waals surface area contributed by atoms with Gasteiger partial charge in [0.15, 0.2) is 17.5 Å². The zero-order chi connectivity index (χ0) is 32.3. The van der Waals surface area contributed by atoms with Gasteiger partial charge in [0.1, 0.15) is 0 Å². The fourth-order valence-corrected chi connectivity index (χ4v) is 8.63. The van der Waals surface area contributed by atoms with Crippen LogP contribution in [0, 0.1) is 0 Å². The molecular weight excluding hydrogens is 615 g/mol. The number of benzene rings is 8. The molecule has 0 bridgehead atoms. The van der Waals surface area contributed by atoms with Gasteiger partial charge in [0, 0.05) is 47.8 Å². The van der Waals surface area contributed by atoms with E-state index in [4.69, 9.17) is 15.0 Å². The molecule has 0 radical (unpaired) electrons. The maximum Gasteiger partial charge on any atom is 0.165 e. The molecule has 49 heavy (non-hydrogen) atoms. The normalized spacial score (nSPS) is 11.7. The van der Waals surface area contributed by atoms with E-state index in [1.165, 1.54) is 47.5 Å². The van der Waals surface area contributed by atoms with Gasteiger partial charge in [-0.15, -0.1) is 11.3 Å². The molecule has 8 aromatic carbocycles. The maximum atomic E-state index is 5.43. The predicted molar refractivity (Wildman–Crippen MR) is 207 cm³/mol. The first-order valence-corrected chi connectivity index (χ1v) is 17.3. The molecule has 10 rings (SSSR count). The molecule has 2 heterocycles. The number of fused-ring (bicyclic) bond motifs is 7.